The summed E-state index contributed by atoms with van der Waals surface area (Å²) in [6, 6.07) is 0. The van der Waals surface area contributed by atoms with Gasteiger partial charge in [0.2, 0.25) is 0 Å². The number of rotatable bonds is 12. The van der Waals surface area contributed by atoms with E-state index < -0.39 is 37.1 Å². The standard InChI is InChI=1S/C34H59NO7/c1-20(2)7-6-8-21(3)25-11-12-26-24-10-9-22-17-23(13-15-33(22,4)27(24)14-16-34(25,26)5)42-32(41)35-18-28(37)30(39)31(40)29(38)19-36/h9,20-21,23-31,36-40H,6-8,10-19H2,1-5H3,(H,35,41)/t21-,23+,24+,25-,26+,27+,28?,29?,30?,31?,33+,34-/m1/s1. The highest BCUT2D eigenvalue weighted by Crippen LogP contribution is 2.67. The molecule has 0 radical (unpaired) electrons. The van der Waals surface area contributed by atoms with Crippen LogP contribution in [0.5, 0.6) is 0 Å². The quantitative estimate of drug-likeness (QED) is 0.182. The fourth-order valence-corrected chi connectivity index (χ4v) is 9.82. The molecule has 0 saturated heterocycles. The van der Waals surface area contributed by atoms with Crippen molar-refractivity contribution >= 4 is 6.09 Å². The minimum Gasteiger partial charge on any atom is -0.446 e. The van der Waals surface area contributed by atoms with E-state index in [4.69, 9.17) is 9.84 Å². The van der Waals surface area contributed by atoms with Crippen LogP contribution in [0.25, 0.3) is 0 Å². The van der Waals surface area contributed by atoms with E-state index in [0.29, 0.717) is 11.3 Å². The Morgan fingerprint density at radius 3 is 2.38 bits per heavy atom. The van der Waals surface area contributed by atoms with Gasteiger partial charge in [0, 0.05) is 13.0 Å². The van der Waals surface area contributed by atoms with Crippen molar-refractivity contribution in [3.05, 3.63) is 11.6 Å². The van der Waals surface area contributed by atoms with Gasteiger partial charge in [0.25, 0.3) is 0 Å². The monoisotopic (exact) mass is 593 g/mol. The van der Waals surface area contributed by atoms with E-state index in [1.165, 1.54) is 50.5 Å². The third-order valence-corrected chi connectivity index (χ3v) is 12.3. The Hall–Kier alpha value is -1.19. The molecule has 0 spiro atoms. The molecule has 4 unspecified atom stereocenters. The molecule has 1 amide bonds. The summed E-state index contributed by atoms with van der Waals surface area (Å²) in [7, 11) is 0. The maximum absolute atomic E-state index is 12.5. The molecule has 12 atom stereocenters. The number of hydrogen-bond donors (Lipinski definition) is 6. The molecule has 3 fully saturated rings. The second-order valence-electron chi connectivity index (χ2n) is 15.2. The predicted molar refractivity (Wildman–Crippen MR) is 162 cm³/mol. The first kappa shape index (κ1) is 33.7. The molecule has 0 bridgehead atoms. The molecule has 0 aromatic rings. The van der Waals surface area contributed by atoms with Gasteiger partial charge in [0.05, 0.1) is 12.7 Å². The lowest BCUT2D eigenvalue weighted by atomic mass is 9.47. The van der Waals surface area contributed by atoms with E-state index in [2.05, 4.69) is 46.0 Å². The molecule has 4 rings (SSSR count). The Bertz CT molecular complexity index is 941. The molecule has 242 valence electrons. The number of carbonyl (C=O) groups excluding carboxylic acids is 1. The summed E-state index contributed by atoms with van der Waals surface area (Å²) in [4.78, 5) is 12.5. The first-order valence-corrected chi connectivity index (χ1v) is 16.8. The molecule has 8 heteroatoms. The highest BCUT2D eigenvalue weighted by atomic mass is 16.6. The van der Waals surface area contributed by atoms with Crippen LogP contribution < -0.4 is 5.32 Å². The second kappa shape index (κ2) is 13.8. The normalized spacial score (nSPS) is 37.9. The van der Waals surface area contributed by atoms with Gasteiger partial charge in [-0.15, -0.1) is 0 Å². The Morgan fingerprint density at radius 2 is 1.69 bits per heavy atom. The van der Waals surface area contributed by atoms with Crippen LogP contribution >= 0.6 is 0 Å². The zero-order valence-electron chi connectivity index (χ0n) is 26.7. The molecule has 0 aromatic heterocycles. The Kier molecular flexibility index (Phi) is 11.1. The van der Waals surface area contributed by atoms with Crippen LogP contribution in [0, 0.1) is 46.3 Å². The van der Waals surface area contributed by atoms with Gasteiger partial charge in [-0.3, -0.25) is 0 Å². The van der Waals surface area contributed by atoms with E-state index >= 15 is 0 Å². The summed E-state index contributed by atoms with van der Waals surface area (Å²) in [6.07, 6.45) is 8.14. The zero-order valence-corrected chi connectivity index (χ0v) is 26.7. The van der Waals surface area contributed by atoms with Gasteiger partial charge in [-0.2, -0.15) is 0 Å². The third kappa shape index (κ3) is 6.88. The number of allylic oxidation sites excluding steroid dienone is 1. The van der Waals surface area contributed by atoms with E-state index in [-0.39, 0.29) is 18.1 Å². The maximum atomic E-state index is 12.5. The molecule has 0 aromatic carbocycles. The second-order valence-corrected chi connectivity index (χ2v) is 15.2. The van der Waals surface area contributed by atoms with Crippen LogP contribution in [0.15, 0.2) is 11.6 Å². The number of amides is 1. The van der Waals surface area contributed by atoms with Crippen molar-refractivity contribution in [2.75, 3.05) is 13.2 Å². The van der Waals surface area contributed by atoms with Gasteiger partial charge in [-0.25, -0.2) is 4.79 Å². The summed E-state index contributed by atoms with van der Waals surface area (Å²) < 4.78 is 5.72. The van der Waals surface area contributed by atoms with Gasteiger partial charge in [0.15, 0.2) is 0 Å². The molecule has 0 heterocycles. The number of ether oxygens (including phenoxy) is 1. The summed E-state index contributed by atoms with van der Waals surface area (Å²) in [5, 5.41) is 50.7. The summed E-state index contributed by atoms with van der Waals surface area (Å²) in [5.74, 6) is 4.69. The summed E-state index contributed by atoms with van der Waals surface area (Å²) >= 11 is 0. The molecular weight excluding hydrogens is 534 g/mol. The number of carbonyl (C=O) groups is 1. The average Bonchev–Trinajstić information content (AvgIpc) is 3.31. The lowest BCUT2D eigenvalue weighted by Crippen LogP contribution is -2.51. The summed E-state index contributed by atoms with van der Waals surface area (Å²) in [5.41, 5.74) is 2.05. The minimum absolute atomic E-state index is 0.158. The van der Waals surface area contributed by atoms with Crippen molar-refractivity contribution in [1.82, 2.24) is 5.32 Å². The molecule has 3 saturated carbocycles. The lowest BCUT2D eigenvalue weighted by molar-refractivity contribution is -0.113. The van der Waals surface area contributed by atoms with Gasteiger partial charge < -0.3 is 35.6 Å². The van der Waals surface area contributed by atoms with E-state index in [1.54, 1.807) is 0 Å². The molecule has 8 nitrogen and oxygen atoms in total. The van der Waals surface area contributed by atoms with Crippen molar-refractivity contribution in [2.45, 2.75) is 136 Å². The Balaban J connectivity index is 1.31. The number of alkyl carbamates (subject to hydrolysis) is 1. The largest absolute Gasteiger partial charge is 0.446 e. The molecule has 6 N–H and O–H groups in total. The molecule has 42 heavy (non-hydrogen) atoms. The van der Waals surface area contributed by atoms with Gasteiger partial charge in [-0.05, 0) is 91.3 Å². The minimum atomic E-state index is -1.73. The highest BCUT2D eigenvalue weighted by molar-refractivity contribution is 5.67. The van der Waals surface area contributed by atoms with Crippen LogP contribution in [0.3, 0.4) is 0 Å². The van der Waals surface area contributed by atoms with Crippen molar-refractivity contribution < 1.29 is 35.1 Å². The number of hydrogen-bond acceptors (Lipinski definition) is 7. The van der Waals surface area contributed by atoms with Crippen LogP contribution in [-0.4, -0.2) is 75.3 Å². The molecule has 4 aliphatic rings. The number of aliphatic hydroxyl groups excluding tert-OH is 5. The van der Waals surface area contributed by atoms with E-state index in [9.17, 15) is 25.2 Å². The number of aliphatic hydroxyl groups is 5. The van der Waals surface area contributed by atoms with Crippen LogP contribution in [0.4, 0.5) is 4.79 Å². The third-order valence-electron chi connectivity index (χ3n) is 12.3. The van der Waals surface area contributed by atoms with Crippen LogP contribution in [0.1, 0.15) is 105 Å². The average molecular weight is 594 g/mol. The van der Waals surface area contributed by atoms with E-state index in [1.807, 2.05) is 0 Å². The zero-order chi connectivity index (χ0) is 30.8. The van der Waals surface area contributed by atoms with E-state index in [0.717, 1.165) is 55.3 Å². The first-order chi connectivity index (χ1) is 19.8. The topological polar surface area (TPSA) is 139 Å². The molecule has 0 aliphatic heterocycles. The van der Waals surface area contributed by atoms with Crippen molar-refractivity contribution in [3.8, 4) is 0 Å². The van der Waals surface area contributed by atoms with Gasteiger partial charge >= 0.3 is 6.09 Å². The van der Waals surface area contributed by atoms with Crippen LogP contribution in [0.2, 0.25) is 0 Å². The Labute approximate surface area is 253 Å². The van der Waals surface area contributed by atoms with Crippen molar-refractivity contribution in [1.29, 1.82) is 0 Å². The predicted octanol–water partition coefficient (Wildman–Crippen LogP) is 4.56. The maximum Gasteiger partial charge on any atom is 0.407 e. The SMILES string of the molecule is CC(C)CCC[C@@H](C)[C@H]1CC[C@H]2[C@@H]3CC=C4C[C@@H](OC(=O)NCC(O)C(O)C(O)C(O)CO)CC[C@]4(C)[C@H]3CC[C@]12C. The van der Waals surface area contributed by atoms with Crippen LogP contribution in [-0.2, 0) is 4.74 Å². The number of fused-ring (bicyclic) bond motifs is 5. The molecule has 4 aliphatic carbocycles. The Morgan fingerprint density at radius 1 is 0.976 bits per heavy atom. The van der Waals surface area contributed by atoms with Gasteiger partial charge in [-0.1, -0.05) is 65.5 Å². The van der Waals surface area contributed by atoms with Crippen molar-refractivity contribution in [3.63, 3.8) is 0 Å². The first-order valence-electron chi connectivity index (χ1n) is 16.8. The smallest absolute Gasteiger partial charge is 0.407 e. The fraction of sp³-hybridized carbons (Fsp3) is 0.912. The summed E-state index contributed by atoms with van der Waals surface area (Å²) in [6.45, 7) is 11.2. The van der Waals surface area contributed by atoms with Gasteiger partial charge in [0.1, 0.15) is 24.4 Å². The fourth-order valence-electron chi connectivity index (χ4n) is 9.82. The lowest BCUT2D eigenvalue weighted by Gasteiger charge is -2.58. The number of nitrogens with one attached hydrogen (secondary N) is 1. The molecular formula is C34H59NO7. The highest BCUT2D eigenvalue weighted by Gasteiger charge is 2.59. The van der Waals surface area contributed by atoms with Crippen molar-refractivity contribution in [2.24, 2.45) is 46.3 Å².